The van der Waals surface area contributed by atoms with E-state index in [0.29, 0.717) is 25.0 Å². The van der Waals surface area contributed by atoms with Crippen LogP contribution in [0.4, 0.5) is 0 Å². The third-order valence-corrected chi connectivity index (χ3v) is 8.78. The molecule has 0 radical (unpaired) electrons. The molecular formula is C22H47N7O4P2. The zero-order valence-corrected chi connectivity index (χ0v) is 23.9. The molecule has 0 aliphatic rings. The molecule has 0 saturated carbocycles. The Morgan fingerprint density at radius 2 is 1.06 bits per heavy atom. The molecule has 10 N–H and O–H groups in total. The van der Waals surface area contributed by atoms with Crippen molar-refractivity contribution in [3.8, 4) is 11.5 Å². The highest BCUT2D eigenvalue weighted by Crippen LogP contribution is 2.44. The van der Waals surface area contributed by atoms with Gasteiger partial charge in [-0.1, -0.05) is 6.07 Å². The minimum Gasteiger partial charge on any atom is -0.422 e. The normalized spacial score (nSPS) is 20.5. The molecule has 0 saturated heterocycles. The molecule has 7 unspecified atom stereocenters. The van der Waals surface area contributed by atoms with Crippen LogP contribution in [0.15, 0.2) is 24.3 Å². The molecule has 1 aromatic carbocycles. The van der Waals surface area contributed by atoms with Gasteiger partial charge in [-0.3, -0.25) is 0 Å². The minimum atomic E-state index is -3.56. The zero-order valence-electron chi connectivity index (χ0n) is 22.2. The van der Waals surface area contributed by atoms with E-state index in [1.165, 1.54) is 0 Å². The maximum Gasteiger partial charge on any atom is 0.390 e. The van der Waals surface area contributed by atoms with Gasteiger partial charge in [-0.25, -0.2) is 29.5 Å². The van der Waals surface area contributed by atoms with E-state index in [2.05, 4.69) is 20.3 Å². The fourth-order valence-electron chi connectivity index (χ4n) is 3.81. The van der Waals surface area contributed by atoms with E-state index >= 15 is 0 Å². The third-order valence-electron chi connectivity index (χ3n) is 4.91. The van der Waals surface area contributed by atoms with Crippen molar-refractivity contribution in [2.45, 2.75) is 97.1 Å². The first-order chi connectivity index (χ1) is 16.1. The number of hydrogen-bond acceptors (Lipinski definition) is 7. The second kappa shape index (κ2) is 14.7. The summed E-state index contributed by atoms with van der Waals surface area (Å²) in [6.07, 6.45) is 1.84. The molecule has 0 fully saturated rings. The van der Waals surface area contributed by atoms with Crippen LogP contribution >= 0.6 is 15.3 Å². The van der Waals surface area contributed by atoms with Crippen LogP contribution in [0.1, 0.15) is 60.8 Å². The lowest BCUT2D eigenvalue weighted by Crippen LogP contribution is -2.39. The van der Waals surface area contributed by atoms with E-state index in [1.807, 2.05) is 41.5 Å². The van der Waals surface area contributed by atoms with Crippen molar-refractivity contribution in [2.75, 3.05) is 7.05 Å². The molecule has 13 heteroatoms. The summed E-state index contributed by atoms with van der Waals surface area (Å²) >= 11 is 0. The molecule has 0 amide bonds. The Bertz CT molecular complexity index is 835. The van der Waals surface area contributed by atoms with Crippen LogP contribution in [-0.2, 0) is 9.13 Å². The number of nitrogens with two attached hydrogens (primary N) is 3. The van der Waals surface area contributed by atoms with Gasteiger partial charge in [-0.2, -0.15) is 0 Å². The first-order valence-corrected chi connectivity index (χ1v) is 15.4. The quantitative estimate of drug-likeness (QED) is 0.146. The average molecular weight is 536 g/mol. The maximum atomic E-state index is 13.8. The Morgan fingerprint density at radius 1 is 0.714 bits per heavy atom. The van der Waals surface area contributed by atoms with Crippen molar-refractivity contribution in [1.29, 1.82) is 0 Å². The third kappa shape index (κ3) is 13.2. The van der Waals surface area contributed by atoms with E-state index < -0.39 is 15.3 Å². The molecule has 0 aliphatic heterocycles. The monoisotopic (exact) mass is 535 g/mol. The van der Waals surface area contributed by atoms with Gasteiger partial charge in [0.25, 0.3) is 0 Å². The summed E-state index contributed by atoms with van der Waals surface area (Å²) in [4.78, 5) is 0. The molecular weight excluding hydrogens is 488 g/mol. The van der Waals surface area contributed by atoms with Gasteiger partial charge in [0, 0.05) is 42.3 Å². The molecule has 0 aromatic heterocycles. The summed E-state index contributed by atoms with van der Waals surface area (Å²) in [5.41, 5.74) is 17.7. The fourth-order valence-corrected chi connectivity index (χ4v) is 7.14. The highest BCUT2D eigenvalue weighted by atomic mass is 31.2. The van der Waals surface area contributed by atoms with Crippen LogP contribution in [0.2, 0.25) is 0 Å². The van der Waals surface area contributed by atoms with Crippen LogP contribution in [0.3, 0.4) is 0 Å². The predicted octanol–water partition coefficient (Wildman–Crippen LogP) is 3.03. The second-order valence-electron chi connectivity index (χ2n) is 9.71. The summed E-state index contributed by atoms with van der Waals surface area (Å²) in [7, 11) is -5.44. The Kier molecular flexibility index (Phi) is 13.4. The van der Waals surface area contributed by atoms with E-state index in [4.69, 9.17) is 26.2 Å². The van der Waals surface area contributed by atoms with Gasteiger partial charge >= 0.3 is 15.3 Å². The van der Waals surface area contributed by atoms with Crippen molar-refractivity contribution in [3.05, 3.63) is 24.3 Å². The summed E-state index contributed by atoms with van der Waals surface area (Å²) < 4.78 is 38.7. The lowest BCUT2D eigenvalue weighted by atomic mass is 10.1. The molecule has 1 aromatic rings. The summed E-state index contributed by atoms with van der Waals surface area (Å²) in [5, 5.41) is 11.8. The summed E-state index contributed by atoms with van der Waals surface area (Å²) in [6.45, 7) is 11.3. The summed E-state index contributed by atoms with van der Waals surface area (Å²) in [5.74, 6) is 0.581. The second-order valence-corrected chi connectivity index (χ2v) is 13.5. The van der Waals surface area contributed by atoms with Crippen LogP contribution in [0, 0.1) is 0 Å². The molecule has 11 nitrogen and oxygen atoms in total. The van der Waals surface area contributed by atoms with Crippen molar-refractivity contribution in [3.63, 3.8) is 0 Å². The number of nitrogens with one attached hydrogen (secondary N) is 4. The van der Waals surface area contributed by atoms with Gasteiger partial charge < -0.3 is 26.2 Å². The van der Waals surface area contributed by atoms with Crippen LogP contribution < -0.4 is 46.6 Å². The molecule has 204 valence electrons. The molecule has 0 spiro atoms. The molecule has 0 heterocycles. The standard InChI is InChI=1S/C22H47N7O4P2/c1-15(23)11-18(4)27-34(30,26-7)32-21-9-8-10-22(14-21)33-35(31,28-19(5)12-16(2)24)29-20(6)13-17(3)25/h8-10,14-20H,11-13,23-25H2,1-7H3,(H2,26,27,30)(H2,28,29,31). The van der Waals surface area contributed by atoms with Crippen molar-refractivity contribution < 1.29 is 18.2 Å². The smallest absolute Gasteiger partial charge is 0.390 e. The van der Waals surface area contributed by atoms with Crippen molar-refractivity contribution in [1.82, 2.24) is 20.3 Å². The van der Waals surface area contributed by atoms with E-state index in [0.717, 1.165) is 0 Å². The average Bonchev–Trinajstić information content (AvgIpc) is 2.65. The number of rotatable bonds is 17. The molecule has 1 rings (SSSR count). The zero-order chi connectivity index (χ0) is 26.8. The predicted molar refractivity (Wildman–Crippen MR) is 145 cm³/mol. The number of benzene rings is 1. The minimum absolute atomic E-state index is 0.0528. The Balaban J connectivity index is 3.08. The van der Waals surface area contributed by atoms with Crippen molar-refractivity contribution >= 4 is 15.3 Å². The Morgan fingerprint density at radius 3 is 1.40 bits per heavy atom. The molecule has 0 aliphatic carbocycles. The lowest BCUT2D eigenvalue weighted by Gasteiger charge is -2.28. The van der Waals surface area contributed by atoms with Gasteiger partial charge in [-0.05, 0) is 80.0 Å². The topological polar surface area (TPSA) is 179 Å². The van der Waals surface area contributed by atoms with E-state index in [1.54, 1.807) is 31.3 Å². The van der Waals surface area contributed by atoms with Gasteiger partial charge in [0.15, 0.2) is 0 Å². The van der Waals surface area contributed by atoms with Crippen LogP contribution in [-0.4, -0.2) is 43.3 Å². The van der Waals surface area contributed by atoms with Crippen LogP contribution in [0.25, 0.3) is 0 Å². The largest absolute Gasteiger partial charge is 0.422 e. The SMILES string of the molecule is CNP(=O)(NC(C)CC(C)N)Oc1cccc(OP(=O)(NC(C)CC(C)N)NC(C)CC(C)N)c1. The van der Waals surface area contributed by atoms with E-state index in [9.17, 15) is 9.13 Å². The molecule has 0 bridgehead atoms. The highest BCUT2D eigenvalue weighted by molar-refractivity contribution is 7.55. The Hall–Kier alpha value is -1.00. The highest BCUT2D eigenvalue weighted by Gasteiger charge is 2.30. The maximum absolute atomic E-state index is 13.8. The first-order valence-electron chi connectivity index (χ1n) is 12.1. The van der Waals surface area contributed by atoms with Gasteiger partial charge in [-0.15, -0.1) is 0 Å². The lowest BCUT2D eigenvalue weighted by molar-refractivity contribution is 0.412. The van der Waals surface area contributed by atoms with Gasteiger partial charge in [0.05, 0.1) is 0 Å². The van der Waals surface area contributed by atoms with Crippen molar-refractivity contribution in [2.24, 2.45) is 17.2 Å². The molecule has 35 heavy (non-hydrogen) atoms. The summed E-state index contributed by atoms with van der Waals surface area (Å²) in [6, 6.07) is 5.85. The van der Waals surface area contributed by atoms with E-state index in [-0.39, 0.29) is 42.0 Å². The Labute approximate surface area is 211 Å². The van der Waals surface area contributed by atoms with Gasteiger partial charge in [0.2, 0.25) is 0 Å². The first kappa shape index (κ1) is 32.0. The fraction of sp³-hybridized carbons (Fsp3) is 0.727. The van der Waals surface area contributed by atoms with Crippen LogP contribution in [0.5, 0.6) is 11.5 Å². The van der Waals surface area contributed by atoms with Gasteiger partial charge in [0.1, 0.15) is 11.5 Å². The number of hydrogen-bond donors (Lipinski definition) is 7. The molecule has 7 atom stereocenters.